The van der Waals surface area contributed by atoms with E-state index < -0.39 is 29.8 Å². The van der Waals surface area contributed by atoms with Crippen molar-refractivity contribution in [2.75, 3.05) is 0 Å². The van der Waals surface area contributed by atoms with E-state index >= 15 is 0 Å². The molecule has 0 aliphatic rings. The predicted octanol–water partition coefficient (Wildman–Crippen LogP) is 3.60. The van der Waals surface area contributed by atoms with Crippen molar-refractivity contribution in [2.45, 2.75) is 52.9 Å². The number of benzene rings is 1. The molecule has 3 rings (SSSR count). The molecule has 0 saturated heterocycles. The van der Waals surface area contributed by atoms with Gasteiger partial charge in [-0.15, -0.1) is 0 Å². The molecule has 1 N–H and O–H groups in total. The third kappa shape index (κ3) is 4.10. The van der Waals surface area contributed by atoms with Crippen LogP contribution in [0.5, 0.6) is 0 Å². The van der Waals surface area contributed by atoms with Crippen LogP contribution in [0.25, 0.3) is 16.7 Å². The molecule has 0 bridgehead atoms. The van der Waals surface area contributed by atoms with Gasteiger partial charge in [0.1, 0.15) is 12.2 Å². The molecule has 1 aromatic carbocycles. The number of halogens is 3. The Hall–Kier alpha value is -3.10. The lowest BCUT2D eigenvalue weighted by atomic mass is 10.1. The summed E-state index contributed by atoms with van der Waals surface area (Å²) in [5, 5.41) is 6.75. The molecule has 6 nitrogen and oxygen atoms in total. The number of rotatable bonds is 5. The highest BCUT2D eigenvalue weighted by Gasteiger charge is 2.36. The number of nitrogens with one attached hydrogen (secondary N) is 1. The zero-order valence-corrected chi connectivity index (χ0v) is 17.2. The van der Waals surface area contributed by atoms with Crippen LogP contribution < -0.4 is 10.9 Å². The molecule has 9 heteroatoms. The maximum absolute atomic E-state index is 13.7. The largest absolute Gasteiger partial charge is 0.417 e. The summed E-state index contributed by atoms with van der Waals surface area (Å²) in [6, 6.07) is 7.51. The van der Waals surface area contributed by atoms with Crippen LogP contribution in [0.2, 0.25) is 0 Å². The molecular weight excluding hydrogens is 397 g/mol. The van der Waals surface area contributed by atoms with E-state index in [9.17, 15) is 22.8 Å². The van der Waals surface area contributed by atoms with Crippen LogP contribution in [0.1, 0.15) is 37.6 Å². The van der Waals surface area contributed by atoms with Gasteiger partial charge in [0.25, 0.3) is 5.56 Å². The van der Waals surface area contributed by atoms with Gasteiger partial charge in [0, 0.05) is 12.1 Å². The monoisotopic (exact) mass is 420 g/mol. The second-order valence-corrected chi connectivity index (χ2v) is 7.42. The summed E-state index contributed by atoms with van der Waals surface area (Å²) >= 11 is 0. The van der Waals surface area contributed by atoms with Crippen molar-refractivity contribution in [1.82, 2.24) is 19.7 Å². The van der Waals surface area contributed by atoms with Gasteiger partial charge in [0.15, 0.2) is 0 Å². The first-order valence-corrected chi connectivity index (χ1v) is 9.62. The minimum Gasteiger partial charge on any atom is -0.352 e. The molecule has 1 amide bonds. The van der Waals surface area contributed by atoms with Gasteiger partial charge in [-0.1, -0.05) is 19.1 Å². The van der Waals surface area contributed by atoms with Gasteiger partial charge in [-0.25, -0.2) is 4.68 Å². The van der Waals surface area contributed by atoms with E-state index in [4.69, 9.17) is 0 Å². The van der Waals surface area contributed by atoms with Crippen LogP contribution in [-0.2, 0) is 23.9 Å². The Balaban J connectivity index is 2.32. The maximum atomic E-state index is 13.7. The molecular formula is C21H23F3N4O2. The van der Waals surface area contributed by atoms with Crippen molar-refractivity contribution >= 4 is 16.9 Å². The lowest BCUT2D eigenvalue weighted by Crippen LogP contribution is -2.36. The fraction of sp³-hybridized carbons (Fsp3) is 0.381. The summed E-state index contributed by atoms with van der Waals surface area (Å²) in [6.07, 6.45) is -3.93. The van der Waals surface area contributed by atoms with E-state index in [0.717, 1.165) is 16.6 Å². The second kappa shape index (κ2) is 7.97. The number of hydrogen-bond acceptors (Lipinski definition) is 3. The first-order chi connectivity index (χ1) is 14.0. The molecule has 0 atom stereocenters. The average molecular weight is 420 g/mol. The molecule has 3 aromatic rings. The molecule has 0 unspecified atom stereocenters. The number of fused-ring (bicyclic) bond motifs is 1. The Morgan fingerprint density at radius 3 is 2.37 bits per heavy atom. The van der Waals surface area contributed by atoms with Gasteiger partial charge in [-0.05, 0) is 44.9 Å². The number of nitrogens with zero attached hydrogens (tertiary/aromatic N) is 3. The van der Waals surface area contributed by atoms with Crippen molar-refractivity contribution < 1.29 is 18.0 Å². The van der Waals surface area contributed by atoms with Crippen LogP contribution in [0, 0.1) is 6.92 Å². The lowest BCUT2D eigenvalue weighted by molar-refractivity contribution is -0.136. The first kappa shape index (κ1) is 21.6. The zero-order valence-electron chi connectivity index (χ0n) is 17.2. The van der Waals surface area contributed by atoms with E-state index in [1.54, 1.807) is 26.0 Å². The van der Waals surface area contributed by atoms with Crippen LogP contribution in [0.15, 0.2) is 35.1 Å². The Bertz CT molecular complexity index is 1140. The number of carbonyl (C=O) groups excluding carboxylic acids is 1. The Morgan fingerprint density at radius 1 is 1.20 bits per heavy atom. The summed E-state index contributed by atoms with van der Waals surface area (Å²) in [4.78, 5) is 25.0. The molecule has 160 valence electrons. The summed E-state index contributed by atoms with van der Waals surface area (Å²) < 4.78 is 43.4. The molecule has 2 heterocycles. The highest BCUT2D eigenvalue weighted by molar-refractivity contribution is 5.86. The number of aryl methyl sites for hydroxylation is 2. The Labute approximate surface area is 171 Å². The van der Waals surface area contributed by atoms with Gasteiger partial charge >= 0.3 is 6.18 Å². The summed E-state index contributed by atoms with van der Waals surface area (Å²) in [5.41, 5.74) is -0.360. The third-order valence-electron chi connectivity index (χ3n) is 4.74. The van der Waals surface area contributed by atoms with E-state index in [-0.39, 0.29) is 22.8 Å². The summed E-state index contributed by atoms with van der Waals surface area (Å²) in [5.74, 6) is -0.472. The highest BCUT2D eigenvalue weighted by Crippen LogP contribution is 2.36. The third-order valence-corrected chi connectivity index (χ3v) is 4.74. The maximum Gasteiger partial charge on any atom is 0.417 e. The normalized spacial score (nSPS) is 12.0. The van der Waals surface area contributed by atoms with Gasteiger partial charge < -0.3 is 5.32 Å². The van der Waals surface area contributed by atoms with Crippen LogP contribution in [0.4, 0.5) is 13.2 Å². The van der Waals surface area contributed by atoms with Crippen molar-refractivity contribution in [3.8, 4) is 5.69 Å². The van der Waals surface area contributed by atoms with Gasteiger partial charge in [0.2, 0.25) is 5.91 Å². The summed E-state index contributed by atoms with van der Waals surface area (Å²) in [7, 11) is 0. The van der Waals surface area contributed by atoms with E-state index in [2.05, 4.69) is 10.4 Å². The molecule has 0 spiro atoms. The topological polar surface area (TPSA) is 68.9 Å². The van der Waals surface area contributed by atoms with Gasteiger partial charge in [-0.2, -0.15) is 18.3 Å². The van der Waals surface area contributed by atoms with Gasteiger partial charge in [-0.3, -0.25) is 14.2 Å². The highest BCUT2D eigenvalue weighted by atomic mass is 19.4. The van der Waals surface area contributed by atoms with Crippen LogP contribution in [0.3, 0.4) is 0 Å². The fourth-order valence-electron chi connectivity index (χ4n) is 3.40. The number of amides is 1. The fourth-order valence-corrected chi connectivity index (χ4v) is 3.40. The van der Waals surface area contributed by atoms with E-state index in [0.29, 0.717) is 11.8 Å². The molecule has 30 heavy (non-hydrogen) atoms. The number of pyridine rings is 1. The molecule has 0 saturated carbocycles. The Kier molecular flexibility index (Phi) is 5.74. The number of alkyl halides is 3. The van der Waals surface area contributed by atoms with Crippen molar-refractivity contribution in [3.05, 3.63) is 57.5 Å². The second-order valence-electron chi connectivity index (χ2n) is 7.42. The zero-order chi connectivity index (χ0) is 22.2. The van der Waals surface area contributed by atoms with Crippen molar-refractivity contribution in [1.29, 1.82) is 0 Å². The minimum absolute atomic E-state index is 0.0597. The van der Waals surface area contributed by atoms with Crippen LogP contribution in [-0.4, -0.2) is 26.3 Å². The molecule has 0 radical (unpaired) electrons. The standard InChI is InChI=1S/C21H23F3N4O2/c1-5-14-6-8-15(9-7-14)28-20-19(13(4)26-28)16(21(22,23)24)10-18(30)27(20)11-17(29)25-12(2)3/h6-10,12H,5,11H2,1-4H3,(H,25,29). The Morgan fingerprint density at radius 2 is 1.83 bits per heavy atom. The first-order valence-electron chi connectivity index (χ1n) is 9.62. The smallest absolute Gasteiger partial charge is 0.352 e. The molecule has 2 aromatic heterocycles. The number of aromatic nitrogens is 3. The molecule has 0 fully saturated rings. The number of hydrogen-bond donors (Lipinski definition) is 1. The van der Waals surface area contributed by atoms with Crippen molar-refractivity contribution in [3.63, 3.8) is 0 Å². The van der Waals surface area contributed by atoms with Gasteiger partial charge in [0.05, 0.1) is 22.3 Å². The lowest BCUT2D eigenvalue weighted by Gasteiger charge is -2.15. The number of carbonyl (C=O) groups is 1. The summed E-state index contributed by atoms with van der Waals surface area (Å²) in [6.45, 7) is 6.55. The predicted molar refractivity (Wildman–Crippen MR) is 108 cm³/mol. The average Bonchev–Trinajstić information content (AvgIpc) is 2.99. The van der Waals surface area contributed by atoms with Crippen LogP contribution >= 0.6 is 0 Å². The molecule has 0 aliphatic carbocycles. The minimum atomic E-state index is -4.73. The van der Waals surface area contributed by atoms with E-state index in [1.165, 1.54) is 11.6 Å². The van der Waals surface area contributed by atoms with Crippen molar-refractivity contribution in [2.24, 2.45) is 0 Å². The molecule has 0 aliphatic heterocycles. The quantitative estimate of drug-likeness (QED) is 0.686. The van der Waals surface area contributed by atoms with E-state index in [1.807, 2.05) is 19.1 Å². The SMILES string of the molecule is CCc1ccc(-n2nc(C)c3c(C(F)(F)F)cc(=O)n(CC(=O)NC(C)C)c32)cc1.